The Kier molecular flexibility index (Phi) is 10.7. The molecule has 62 heavy (non-hydrogen) atoms. The first-order valence-electron chi connectivity index (χ1n) is 20.2. The van der Waals surface area contributed by atoms with Crippen LogP contribution in [0.5, 0.6) is 17.5 Å². The molecule has 6 aromatic rings. The van der Waals surface area contributed by atoms with Crippen molar-refractivity contribution in [1.29, 1.82) is 0 Å². The second kappa shape index (κ2) is 16.6. The lowest BCUT2D eigenvalue weighted by molar-refractivity contribution is -0.134. The lowest BCUT2D eigenvalue weighted by atomic mass is 9.88. The Labute approximate surface area is 354 Å². The molecular formula is C45H41F2N9O6. The lowest BCUT2D eigenvalue weighted by Gasteiger charge is -2.34. The summed E-state index contributed by atoms with van der Waals surface area (Å²) in [5.41, 5.74) is 3.06. The molecule has 316 valence electrons. The average Bonchev–Trinajstić information content (AvgIpc) is 3.81. The van der Waals surface area contributed by atoms with Gasteiger partial charge in [-0.1, -0.05) is 18.2 Å². The number of hydrogen-bond acceptors (Lipinski definition) is 10. The summed E-state index contributed by atoms with van der Waals surface area (Å²) in [7, 11) is 2.90. The zero-order valence-corrected chi connectivity index (χ0v) is 33.8. The molecule has 15 nitrogen and oxygen atoms in total. The van der Waals surface area contributed by atoms with Gasteiger partial charge in [-0.3, -0.25) is 29.7 Å². The Morgan fingerprint density at radius 1 is 0.790 bits per heavy atom. The molecule has 0 spiro atoms. The van der Waals surface area contributed by atoms with Crippen molar-refractivity contribution in [3.8, 4) is 34.3 Å². The first kappa shape index (κ1) is 40.0. The number of aromatic nitrogens is 5. The maximum atomic E-state index is 16.7. The van der Waals surface area contributed by atoms with Crippen LogP contribution in [0.2, 0.25) is 0 Å². The average molecular weight is 842 g/mol. The van der Waals surface area contributed by atoms with Gasteiger partial charge in [0.05, 0.1) is 36.3 Å². The summed E-state index contributed by atoms with van der Waals surface area (Å²) in [6.07, 6.45) is 6.74. The molecule has 0 aliphatic carbocycles. The second-order valence-electron chi connectivity index (χ2n) is 15.3. The summed E-state index contributed by atoms with van der Waals surface area (Å²) < 4.78 is 46.4. The monoisotopic (exact) mass is 841 g/mol. The number of benzene rings is 3. The molecule has 0 saturated carbocycles. The lowest BCUT2D eigenvalue weighted by Crippen LogP contribution is -2.39. The van der Waals surface area contributed by atoms with E-state index in [0.717, 1.165) is 23.1 Å². The van der Waals surface area contributed by atoms with Crippen LogP contribution in [0, 0.1) is 11.6 Å². The minimum absolute atomic E-state index is 0.0432. The molecule has 1 unspecified atom stereocenters. The smallest absolute Gasteiger partial charge is 0.353 e. The van der Waals surface area contributed by atoms with E-state index in [0.29, 0.717) is 60.0 Å². The summed E-state index contributed by atoms with van der Waals surface area (Å²) >= 11 is 0. The molecule has 9 rings (SSSR count). The quantitative estimate of drug-likeness (QED) is 0.152. The number of imide groups is 1. The van der Waals surface area contributed by atoms with Crippen molar-refractivity contribution >= 4 is 35.0 Å². The molecule has 3 saturated heterocycles. The van der Waals surface area contributed by atoms with Gasteiger partial charge < -0.3 is 14.4 Å². The van der Waals surface area contributed by atoms with Gasteiger partial charge in [0.2, 0.25) is 11.8 Å². The predicted octanol–water partition coefficient (Wildman–Crippen LogP) is 6.46. The van der Waals surface area contributed by atoms with Gasteiger partial charge in [-0.2, -0.15) is 0 Å². The molecule has 3 aliphatic heterocycles. The van der Waals surface area contributed by atoms with Crippen molar-refractivity contribution in [3.05, 3.63) is 131 Å². The molecule has 1 atom stereocenters. The standard InChI is InChI=1S/C45H41F2N9O6/c1-52-44(59)56(43(51-52)61-2)30-8-11-34(35-15-19-49-41(40(35)47)55-23-22-54(45(55)60)31-4-3-18-48-26-31)38(25-30)62-32-9-5-27(6-10-32)28-16-20-53(21-17-28)37-13-7-29(24-36(37)46)33-12-14-39(57)50-42(33)58/h3-11,13,15,18-19,24-26,28,33H,12,14,16-17,20-23H2,1-2H3,(H,50,57,58). The van der Waals surface area contributed by atoms with Crippen molar-refractivity contribution in [2.24, 2.45) is 7.05 Å². The van der Waals surface area contributed by atoms with E-state index in [1.165, 1.54) is 46.9 Å². The van der Waals surface area contributed by atoms with Crippen molar-refractivity contribution in [2.75, 3.05) is 48.0 Å². The summed E-state index contributed by atoms with van der Waals surface area (Å²) in [4.78, 5) is 63.8. The van der Waals surface area contributed by atoms with Crippen LogP contribution in [0.25, 0.3) is 16.8 Å². The van der Waals surface area contributed by atoms with Crippen molar-refractivity contribution in [1.82, 2.24) is 29.6 Å². The highest BCUT2D eigenvalue weighted by Crippen LogP contribution is 2.40. The fourth-order valence-electron chi connectivity index (χ4n) is 8.46. The van der Waals surface area contributed by atoms with Crippen molar-refractivity contribution in [3.63, 3.8) is 0 Å². The first-order valence-corrected chi connectivity index (χ1v) is 20.2. The minimum atomic E-state index is -0.727. The normalized spacial score (nSPS) is 17.1. The largest absolute Gasteiger partial charge is 0.467 e. The van der Waals surface area contributed by atoms with Crippen LogP contribution in [-0.2, 0) is 16.6 Å². The van der Waals surface area contributed by atoms with Gasteiger partial charge in [0.1, 0.15) is 17.3 Å². The van der Waals surface area contributed by atoms with E-state index in [-0.39, 0.29) is 47.9 Å². The highest BCUT2D eigenvalue weighted by molar-refractivity contribution is 6.06. The van der Waals surface area contributed by atoms with Gasteiger partial charge in [0.25, 0.3) is 0 Å². The van der Waals surface area contributed by atoms with E-state index in [1.807, 2.05) is 29.2 Å². The molecule has 1 N–H and O–H groups in total. The van der Waals surface area contributed by atoms with Crippen LogP contribution < -0.4 is 35.2 Å². The number of rotatable bonds is 10. The van der Waals surface area contributed by atoms with Crippen LogP contribution in [0.15, 0.2) is 102 Å². The Balaban J connectivity index is 0.954. The molecule has 3 aromatic heterocycles. The van der Waals surface area contributed by atoms with E-state index in [9.17, 15) is 19.2 Å². The number of aryl methyl sites for hydroxylation is 1. The summed E-state index contributed by atoms with van der Waals surface area (Å²) in [5, 5.41) is 6.49. The highest BCUT2D eigenvalue weighted by atomic mass is 19.1. The third kappa shape index (κ3) is 7.50. The highest BCUT2D eigenvalue weighted by Gasteiger charge is 2.35. The molecule has 6 heterocycles. The maximum Gasteiger partial charge on any atom is 0.353 e. The van der Waals surface area contributed by atoms with E-state index in [2.05, 4.69) is 20.4 Å². The molecular weight excluding hydrogens is 801 g/mol. The topological polar surface area (TPSA) is 157 Å². The molecule has 3 aliphatic rings. The number of anilines is 3. The number of methoxy groups -OCH3 is 1. The molecule has 0 radical (unpaired) electrons. The number of carbonyl (C=O) groups is 3. The Bertz CT molecular complexity index is 2750. The van der Waals surface area contributed by atoms with Crippen molar-refractivity contribution < 1.29 is 32.6 Å². The van der Waals surface area contributed by atoms with Crippen LogP contribution in [0.4, 0.5) is 30.8 Å². The number of piperidine rings is 2. The number of hydrogen-bond donors (Lipinski definition) is 1. The Hall–Kier alpha value is -7.43. The van der Waals surface area contributed by atoms with Gasteiger partial charge in [-0.05, 0) is 90.9 Å². The zero-order valence-electron chi connectivity index (χ0n) is 33.8. The molecule has 17 heteroatoms. The van der Waals surface area contributed by atoms with Crippen LogP contribution in [0.1, 0.15) is 48.6 Å². The molecule has 4 amide bonds. The van der Waals surface area contributed by atoms with E-state index < -0.39 is 35.2 Å². The van der Waals surface area contributed by atoms with Crippen LogP contribution >= 0.6 is 0 Å². The molecule has 0 bridgehead atoms. The summed E-state index contributed by atoms with van der Waals surface area (Å²) in [6.45, 7) is 1.76. The van der Waals surface area contributed by atoms with Crippen LogP contribution in [0.3, 0.4) is 0 Å². The summed E-state index contributed by atoms with van der Waals surface area (Å²) in [6, 6.07) is 21.9. The Morgan fingerprint density at radius 3 is 2.29 bits per heavy atom. The number of ether oxygens (including phenoxy) is 2. The number of nitrogens with zero attached hydrogens (tertiary/aromatic N) is 8. The number of urea groups is 1. The molecule has 3 aromatic carbocycles. The summed E-state index contributed by atoms with van der Waals surface area (Å²) in [5.74, 6) is -1.67. The van der Waals surface area contributed by atoms with Gasteiger partial charge in [0.15, 0.2) is 11.6 Å². The predicted molar refractivity (Wildman–Crippen MR) is 225 cm³/mol. The van der Waals surface area contributed by atoms with Gasteiger partial charge >= 0.3 is 17.7 Å². The zero-order chi connectivity index (χ0) is 43.1. The number of carbonyl (C=O) groups excluding carboxylic acids is 3. The van der Waals surface area contributed by atoms with Crippen molar-refractivity contribution in [2.45, 2.75) is 37.5 Å². The SMILES string of the molecule is COc1nn(C)c(=O)n1-c1ccc(-c2ccnc(N3CCN(c4cccnc4)C3=O)c2F)c(Oc2ccc(C3CCN(c4ccc(C5CCC(=O)NC5=O)cc4F)CC3)cc2)c1. The molecule has 3 fully saturated rings. The van der Waals surface area contributed by atoms with Gasteiger partial charge in [-0.15, -0.1) is 5.10 Å². The third-order valence-corrected chi connectivity index (χ3v) is 11.7. The second-order valence-corrected chi connectivity index (χ2v) is 15.3. The Morgan fingerprint density at radius 2 is 1.56 bits per heavy atom. The van der Waals surface area contributed by atoms with Crippen LogP contribution in [-0.4, -0.2) is 75.4 Å². The van der Waals surface area contributed by atoms with E-state index in [1.54, 1.807) is 54.9 Å². The third-order valence-electron chi connectivity index (χ3n) is 11.7. The van der Waals surface area contributed by atoms with Gasteiger partial charge in [-0.25, -0.2) is 32.6 Å². The number of nitrogens with one attached hydrogen (secondary N) is 1. The number of pyridine rings is 2. The van der Waals surface area contributed by atoms with Gasteiger partial charge in [0, 0.05) is 69.2 Å². The number of amides is 4. The van der Waals surface area contributed by atoms with E-state index in [4.69, 9.17) is 9.47 Å². The first-order chi connectivity index (χ1) is 30.1. The fraction of sp³-hybridized carbons (Fsp3) is 0.267. The van der Waals surface area contributed by atoms with E-state index >= 15 is 8.78 Å². The maximum absolute atomic E-state index is 16.7. The fourth-order valence-corrected chi connectivity index (χ4v) is 8.46. The number of halogens is 2. The minimum Gasteiger partial charge on any atom is -0.467 e.